The third-order valence-corrected chi connectivity index (χ3v) is 2.26. The normalized spacial score (nSPS) is 10.6. The first-order valence-electron chi connectivity index (χ1n) is 5.86. The van der Waals surface area contributed by atoms with E-state index >= 15 is 0 Å². The highest BCUT2D eigenvalue weighted by Crippen LogP contribution is 1.99. The first kappa shape index (κ1) is 13.1. The second-order valence-electron chi connectivity index (χ2n) is 3.78. The van der Waals surface area contributed by atoms with Crippen LogP contribution >= 0.6 is 0 Å². The maximum absolute atomic E-state index is 4.99. The third kappa shape index (κ3) is 5.19. The first-order valence-corrected chi connectivity index (χ1v) is 5.86. The summed E-state index contributed by atoms with van der Waals surface area (Å²) < 4.78 is 4.99. The average Bonchev–Trinajstić information content (AvgIpc) is 2.32. The van der Waals surface area contributed by atoms with Crippen molar-refractivity contribution in [3.05, 3.63) is 23.8 Å². The predicted octanol–water partition coefficient (Wildman–Crippen LogP) is 1.56. The number of ether oxygens (including phenoxy) is 1. The molecule has 1 N–H and O–H groups in total. The Morgan fingerprint density at radius 3 is 2.69 bits per heavy atom. The van der Waals surface area contributed by atoms with E-state index in [9.17, 15) is 0 Å². The van der Waals surface area contributed by atoms with Gasteiger partial charge in [-0.05, 0) is 19.4 Å². The summed E-state index contributed by atoms with van der Waals surface area (Å²) in [6, 6.07) is 0. The summed E-state index contributed by atoms with van der Waals surface area (Å²) >= 11 is 0. The van der Waals surface area contributed by atoms with Crippen molar-refractivity contribution in [2.45, 2.75) is 32.7 Å². The van der Waals surface area contributed by atoms with E-state index in [0.717, 1.165) is 50.3 Å². The van der Waals surface area contributed by atoms with Crippen LogP contribution in [-0.2, 0) is 17.7 Å². The Balaban J connectivity index is 2.30. The molecule has 0 saturated heterocycles. The van der Waals surface area contributed by atoms with Crippen LogP contribution in [0.15, 0.2) is 12.4 Å². The Bertz CT molecular complexity index is 245. The minimum Gasteiger partial charge on any atom is -0.385 e. The van der Waals surface area contributed by atoms with Crippen molar-refractivity contribution < 1.29 is 4.74 Å². The lowest BCUT2D eigenvalue weighted by atomic mass is 10.3. The zero-order valence-corrected chi connectivity index (χ0v) is 10.2. The van der Waals surface area contributed by atoms with E-state index in [-0.39, 0.29) is 0 Å². The number of methoxy groups -OCH3 is 1. The van der Waals surface area contributed by atoms with Crippen molar-refractivity contribution >= 4 is 0 Å². The molecule has 0 aromatic carbocycles. The van der Waals surface area contributed by atoms with E-state index in [1.165, 1.54) is 0 Å². The van der Waals surface area contributed by atoms with Gasteiger partial charge in [-0.1, -0.05) is 6.92 Å². The minimum absolute atomic E-state index is 0.767. The Hall–Kier alpha value is -1.00. The summed E-state index contributed by atoms with van der Waals surface area (Å²) in [6.45, 7) is 4.81. The number of hydrogen-bond acceptors (Lipinski definition) is 4. The molecule has 1 rings (SSSR count). The molecule has 0 aliphatic rings. The Morgan fingerprint density at radius 2 is 2.06 bits per heavy atom. The van der Waals surface area contributed by atoms with E-state index in [2.05, 4.69) is 22.2 Å². The van der Waals surface area contributed by atoms with Crippen LogP contribution in [-0.4, -0.2) is 30.2 Å². The van der Waals surface area contributed by atoms with E-state index in [4.69, 9.17) is 4.74 Å². The van der Waals surface area contributed by atoms with Gasteiger partial charge in [0.05, 0.1) is 0 Å². The molecule has 0 saturated carbocycles. The van der Waals surface area contributed by atoms with Crippen molar-refractivity contribution in [2.75, 3.05) is 20.3 Å². The molecule has 1 aromatic heterocycles. The molecule has 0 spiro atoms. The first-order chi connectivity index (χ1) is 7.86. The van der Waals surface area contributed by atoms with Crippen molar-refractivity contribution in [3.8, 4) is 0 Å². The molecule has 0 aliphatic heterocycles. The zero-order valence-electron chi connectivity index (χ0n) is 10.2. The van der Waals surface area contributed by atoms with E-state index in [1.54, 1.807) is 7.11 Å². The molecule has 0 atom stereocenters. The summed E-state index contributed by atoms with van der Waals surface area (Å²) in [5, 5.41) is 3.32. The van der Waals surface area contributed by atoms with Crippen LogP contribution in [0.25, 0.3) is 0 Å². The van der Waals surface area contributed by atoms with Gasteiger partial charge in [0.25, 0.3) is 0 Å². The third-order valence-electron chi connectivity index (χ3n) is 2.26. The summed E-state index contributed by atoms with van der Waals surface area (Å²) in [6.07, 6.45) is 6.81. The highest BCUT2D eigenvalue weighted by atomic mass is 16.5. The van der Waals surface area contributed by atoms with Crippen molar-refractivity contribution in [1.82, 2.24) is 15.3 Å². The second kappa shape index (κ2) is 8.19. The van der Waals surface area contributed by atoms with Crippen LogP contribution < -0.4 is 5.32 Å². The fourth-order valence-electron chi connectivity index (χ4n) is 1.39. The average molecular weight is 223 g/mol. The highest BCUT2D eigenvalue weighted by molar-refractivity contribution is 5.04. The predicted molar refractivity (Wildman–Crippen MR) is 64.2 cm³/mol. The highest BCUT2D eigenvalue weighted by Gasteiger charge is 1.97. The summed E-state index contributed by atoms with van der Waals surface area (Å²) in [5.74, 6) is 0.899. The maximum atomic E-state index is 4.99. The molecular formula is C12H21N3O. The van der Waals surface area contributed by atoms with Gasteiger partial charge in [0, 0.05) is 44.6 Å². The van der Waals surface area contributed by atoms with Gasteiger partial charge in [0.2, 0.25) is 0 Å². The summed E-state index contributed by atoms with van der Waals surface area (Å²) in [7, 11) is 1.71. The van der Waals surface area contributed by atoms with Gasteiger partial charge in [-0.3, -0.25) is 0 Å². The number of hydrogen-bond donors (Lipinski definition) is 1. The monoisotopic (exact) mass is 223 g/mol. The molecular weight excluding hydrogens is 202 g/mol. The quantitative estimate of drug-likeness (QED) is 0.679. The number of rotatable bonds is 8. The Labute approximate surface area is 97.5 Å². The molecule has 0 radical (unpaired) electrons. The van der Waals surface area contributed by atoms with Gasteiger partial charge < -0.3 is 10.1 Å². The molecule has 1 heterocycles. The molecule has 0 fully saturated rings. The summed E-state index contributed by atoms with van der Waals surface area (Å²) in [4.78, 5) is 8.65. The molecule has 4 nitrogen and oxygen atoms in total. The fraction of sp³-hybridized carbons (Fsp3) is 0.667. The van der Waals surface area contributed by atoms with Crippen molar-refractivity contribution in [2.24, 2.45) is 0 Å². The summed E-state index contributed by atoms with van der Waals surface area (Å²) in [5.41, 5.74) is 1.14. The molecule has 0 aliphatic carbocycles. The molecule has 16 heavy (non-hydrogen) atoms. The zero-order chi connectivity index (χ0) is 11.6. The largest absolute Gasteiger partial charge is 0.385 e. The van der Waals surface area contributed by atoms with Gasteiger partial charge in [-0.15, -0.1) is 0 Å². The molecule has 4 heteroatoms. The Kier molecular flexibility index (Phi) is 6.69. The SMILES string of the molecule is CCCNCc1cnc(CCCOC)nc1. The van der Waals surface area contributed by atoms with Gasteiger partial charge in [-0.25, -0.2) is 9.97 Å². The van der Waals surface area contributed by atoms with Crippen molar-refractivity contribution in [3.63, 3.8) is 0 Å². The van der Waals surface area contributed by atoms with Crippen LogP contribution in [0.1, 0.15) is 31.2 Å². The van der Waals surface area contributed by atoms with Crippen LogP contribution in [0.3, 0.4) is 0 Å². The lowest BCUT2D eigenvalue weighted by Crippen LogP contribution is -2.14. The van der Waals surface area contributed by atoms with Gasteiger partial charge in [0.1, 0.15) is 5.82 Å². The molecule has 0 amide bonds. The van der Waals surface area contributed by atoms with Crippen LogP contribution in [0.2, 0.25) is 0 Å². The van der Waals surface area contributed by atoms with E-state index in [0.29, 0.717) is 0 Å². The number of aryl methyl sites for hydroxylation is 1. The number of aromatic nitrogens is 2. The lowest BCUT2D eigenvalue weighted by molar-refractivity contribution is 0.194. The van der Waals surface area contributed by atoms with Crippen molar-refractivity contribution in [1.29, 1.82) is 0 Å². The second-order valence-corrected chi connectivity index (χ2v) is 3.78. The van der Waals surface area contributed by atoms with Crippen LogP contribution in [0.5, 0.6) is 0 Å². The molecule has 1 aromatic rings. The molecule has 0 bridgehead atoms. The smallest absolute Gasteiger partial charge is 0.128 e. The topological polar surface area (TPSA) is 47.0 Å². The number of nitrogens with one attached hydrogen (secondary N) is 1. The van der Waals surface area contributed by atoms with Gasteiger partial charge >= 0.3 is 0 Å². The molecule has 90 valence electrons. The van der Waals surface area contributed by atoms with Crippen LogP contribution in [0, 0.1) is 0 Å². The lowest BCUT2D eigenvalue weighted by Gasteiger charge is -2.03. The Morgan fingerprint density at radius 1 is 1.31 bits per heavy atom. The fourth-order valence-corrected chi connectivity index (χ4v) is 1.39. The number of nitrogens with zero attached hydrogens (tertiary/aromatic N) is 2. The standard InChI is InChI=1S/C12H21N3O/c1-3-6-13-8-11-9-14-12(15-10-11)5-4-7-16-2/h9-10,13H,3-8H2,1-2H3. The van der Waals surface area contributed by atoms with E-state index in [1.807, 2.05) is 12.4 Å². The minimum atomic E-state index is 0.767. The van der Waals surface area contributed by atoms with Crippen LogP contribution in [0.4, 0.5) is 0 Å². The maximum Gasteiger partial charge on any atom is 0.128 e. The van der Waals surface area contributed by atoms with Gasteiger partial charge in [0.15, 0.2) is 0 Å². The van der Waals surface area contributed by atoms with Gasteiger partial charge in [-0.2, -0.15) is 0 Å². The molecule has 0 unspecified atom stereocenters. The van der Waals surface area contributed by atoms with E-state index < -0.39 is 0 Å².